The van der Waals surface area contributed by atoms with Crippen LogP contribution in [0.4, 0.5) is 0 Å². The van der Waals surface area contributed by atoms with Crippen LogP contribution >= 0.6 is 0 Å². The predicted octanol–water partition coefficient (Wildman–Crippen LogP) is -0.626. The van der Waals surface area contributed by atoms with E-state index in [1.807, 2.05) is 0 Å². The molecule has 0 bridgehead atoms. The van der Waals surface area contributed by atoms with Gasteiger partial charge in [-0.3, -0.25) is 8.92 Å². The summed E-state index contributed by atoms with van der Waals surface area (Å²) < 4.78 is 16.8. The molecule has 0 fully saturated rings. The second kappa shape index (κ2) is 29.3. The molecule has 0 heterocycles. The van der Waals surface area contributed by atoms with Gasteiger partial charge in [-0.1, -0.05) is 0 Å². The van der Waals surface area contributed by atoms with Gasteiger partial charge in [0.15, 0.2) is 0 Å². The van der Waals surface area contributed by atoms with Crippen molar-refractivity contribution in [3.8, 4) is 0 Å². The monoisotopic (exact) mass is 393 g/mol. The zero-order valence-corrected chi connectivity index (χ0v) is 9.92. The number of hydrogen-bond donors (Lipinski definition) is 0. The average Bonchev–Trinajstić information content (AvgIpc) is 0.918. The van der Waals surface area contributed by atoms with E-state index in [1.54, 1.807) is 0 Å². The average molecular weight is 391 g/mol. The third kappa shape index (κ3) is 41.7. The first kappa shape index (κ1) is 25.0. The van der Waals surface area contributed by atoms with E-state index in [-0.39, 0.29) is 60.7 Å². The first-order chi connectivity index (χ1) is 1.41. The van der Waals surface area contributed by atoms with E-state index in [2.05, 4.69) is 0 Å². The summed E-state index contributed by atoms with van der Waals surface area (Å²) in [6.07, 6.45) is 0. The van der Waals surface area contributed by atoms with Crippen molar-refractivity contribution in [2.45, 2.75) is 0 Å². The molecule has 0 unspecified atom stereocenters. The van der Waals surface area contributed by atoms with E-state index < -0.39 is 9.29 Å². The zero-order valence-electron chi connectivity index (χ0n) is 2.58. The van der Waals surface area contributed by atoms with Gasteiger partial charge in [0.05, 0.1) is 0 Å². The van der Waals surface area contributed by atoms with Crippen LogP contribution in [0.2, 0.25) is 0 Å². The molecule has 0 aromatic heterocycles. The first-order valence-corrected chi connectivity index (χ1v) is 1.22. The minimum absolute atomic E-state index is 0. The predicted molar refractivity (Wildman–Crippen MR) is 7.13 cm³/mol. The van der Waals surface area contributed by atoms with Crippen LogP contribution in [0.25, 0.3) is 0 Å². The molecule has 6 heteroatoms. The summed E-state index contributed by atoms with van der Waals surface area (Å²) in [5.41, 5.74) is 0. The second-order valence-electron chi connectivity index (χ2n) is 0.0833. The number of hydrogen-bond acceptors (Lipinski definition) is 2. The van der Waals surface area contributed by atoms with Gasteiger partial charge in [-0.25, -0.2) is 0 Å². The van der Waals surface area contributed by atoms with E-state index in [4.69, 9.17) is 8.92 Å². The molecule has 1 radical (unpaired) electrons. The molecule has 6 heavy (non-hydrogen) atoms. The zero-order chi connectivity index (χ0) is 2.71. The summed E-state index contributed by atoms with van der Waals surface area (Å²) in [5, 5.41) is 0. The summed E-state index contributed by atoms with van der Waals surface area (Å²) in [4.78, 5) is 0. The maximum atomic E-state index is 8.40. The third-order valence-corrected chi connectivity index (χ3v) is 0. The van der Waals surface area contributed by atoms with E-state index in [1.165, 1.54) is 0 Å². The van der Waals surface area contributed by atoms with E-state index in [9.17, 15) is 0 Å². The van der Waals surface area contributed by atoms with Gasteiger partial charge in [-0.2, -0.15) is 0 Å². The molecule has 0 N–H and O–H groups in total. The molecule has 0 aliphatic carbocycles. The van der Waals surface area contributed by atoms with E-state index >= 15 is 0 Å². The molecule has 0 saturated carbocycles. The molecule has 0 rings (SSSR count). The topological polar surface area (TPSA) is 34.1 Å². The normalized spacial score (nSPS) is 1.33. The Hall–Kier alpha value is 1.78. The van der Waals surface area contributed by atoms with Gasteiger partial charge in [-0.05, 0) is 0 Å². The van der Waals surface area contributed by atoms with Gasteiger partial charge in [-0.15, -0.1) is 0 Å². The Bertz CT molecular complexity index is 34.5. The Labute approximate surface area is 78.2 Å². The van der Waals surface area contributed by atoms with Crippen LogP contribution in [-0.2, 0) is 69.6 Å². The van der Waals surface area contributed by atoms with Crippen molar-refractivity contribution in [3.63, 3.8) is 0 Å². The largest absolute Gasteiger partial charge is 0.549 e. The molecule has 33 valence electrons. The van der Waals surface area contributed by atoms with Crippen LogP contribution in [0, 0.1) is 0 Å². The van der Waals surface area contributed by atoms with Crippen LogP contribution < -0.4 is 0 Å². The van der Waals surface area contributed by atoms with E-state index in [0.29, 0.717) is 0 Å². The quantitative estimate of drug-likeness (QED) is 0.516. The fourth-order valence-electron chi connectivity index (χ4n) is 0. The molecule has 0 aromatic carbocycles. The molecule has 0 atom stereocenters. The fraction of sp³-hybridized carbons (Fsp3) is 0. The van der Waals surface area contributed by atoms with Crippen molar-refractivity contribution in [3.05, 3.63) is 0 Å². The molecule has 0 amide bonds. The van der Waals surface area contributed by atoms with Crippen LogP contribution in [0.15, 0.2) is 0 Å². The summed E-state index contributed by atoms with van der Waals surface area (Å²) in [6.45, 7) is 0. The Balaban J connectivity index is -0.00000000667. The molecular formula is MoO2SiVW. The summed E-state index contributed by atoms with van der Waals surface area (Å²) >= 11 is 0. The smallest absolute Gasteiger partial charge is 0.274 e. The molecular weight excluding hydrogens is 391 g/mol. The van der Waals surface area contributed by atoms with Gasteiger partial charge in [0.25, 0.3) is 0 Å². The van der Waals surface area contributed by atoms with Gasteiger partial charge in [0, 0.05) is 60.7 Å². The molecule has 2 nitrogen and oxygen atoms in total. The minimum atomic E-state index is -1.42. The SMILES string of the molecule is O=[Si]=O.[Mo].[V].[W]. The minimum Gasteiger partial charge on any atom is -0.274 e. The third-order valence-electron chi connectivity index (χ3n) is 0. The van der Waals surface area contributed by atoms with E-state index in [0.717, 1.165) is 0 Å². The Kier molecular flexibility index (Phi) is 122. The summed E-state index contributed by atoms with van der Waals surface area (Å²) in [7, 11) is -1.42. The maximum Gasteiger partial charge on any atom is 0.549 e. The Morgan fingerprint density at radius 3 is 1.17 bits per heavy atom. The first-order valence-electron chi connectivity index (χ1n) is 0.408. The van der Waals surface area contributed by atoms with Crippen molar-refractivity contribution in [1.82, 2.24) is 0 Å². The number of rotatable bonds is 0. The van der Waals surface area contributed by atoms with Crippen molar-refractivity contribution in [2.75, 3.05) is 0 Å². The standard InChI is InChI=1S/Mo.O2Si.V.W/c;1-3-2;;. The molecule has 0 aliphatic rings. The van der Waals surface area contributed by atoms with Crippen molar-refractivity contribution >= 4 is 9.29 Å². The van der Waals surface area contributed by atoms with Gasteiger partial charge in [0.1, 0.15) is 0 Å². The summed E-state index contributed by atoms with van der Waals surface area (Å²) in [5.74, 6) is 0. The van der Waals surface area contributed by atoms with Crippen molar-refractivity contribution < 1.29 is 69.6 Å². The fourth-order valence-corrected chi connectivity index (χ4v) is 0. The van der Waals surface area contributed by atoms with Crippen molar-refractivity contribution in [2.24, 2.45) is 0 Å². The Morgan fingerprint density at radius 2 is 1.17 bits per heavy atom. The van der Waals surface area contributed by atoms with Gasteiger partial charge in [0.2, 0.25) is 0 Å². The molecule has 0 saturated heterocycles. The second-order valence-corrected chi connectivity index (χ2v) is 0.250. The van der Waals surface area contributed by atoms with Crippen LogP contribution in [0.3, 0.4) is 0 Å². The van der Waals surface area contributed by atoms with Crippen molar-refractivity contribution in [1.29, 1.82) is 0 Å². The Morgan fingerprint density at radius 1 is 1.17 bits per heavy atom. The van der Waals surface area contributed by atoms with Gasteiger partial charge < -0.3 is 0 Å². The van der Waals surface area contributed by atoms with Crippen LogP contribution in [0.5, 0.6) is 0 Å². The van der Waals surface area contributed by atoms with Crippen LogP contribution in [-0.4, -0.2) is 9.29 Å². The molecule has 0 spiro atoms. The molecule has 0 aliphatic heterocycles. The van der Waals surface area contributed by atoms with Crippen LogP contribution in [0.1, 0.15) is 0 Å². The maximum absolute atomic E-state index is 8.40. The van der Waals surface area contributed by atoms with Gasteiger partial charge >= 0.3 is 9.29 Å². The molecule has 0 aromatic rings. The summed E-state index contributed by atoms with van der Waals surface area (Å²) in [6, 6.07) is 0.